The number of nitrogens with one attached hydrogen (secondary N) is 1. The van der Waals surface area contributed by atoms with Gasteiger partial charge in [-0.1, -0.05) is 0 Å². The van der Waals surface area contributed by atoms with Crippen molar-refractivity contribution >= 4 is 5.82 Å². The van der Waals surface area contributed by atoms with E-state index >= 15 is 0 Å². The molecule has 0 aliphatic heterocycles. The molecule has 0 aliphatic rings. The molecule has 14 heavy (non-hydrogen) atoms. The Labute approximate surface area is 84.7 Å². The Kier molecular flexibility index (Phi) is 3.41. The van der Waals surface area contributed by atoms with Crippen LogP contribution < -0.4 is 5.32 Å². The van der Waals surface area contributed by atoms with E-state index in [1.165, 1.54) is 0 Å². The topological polar surface area (TPSA) is 47.0 Å². The first-order valence-corrected chi connectivity index (χ1v) is 4.59. The van der Waals surface area contributed by atoms with Crippen molar-refractivity contribution in [2.24, 2.45) is 0 Å². The normalized spacial score (nSPS) is 11.4. The molecular formula is C10H17N3O. The second-order valence-electron chi connectivity index (χ2n) is 4.20. The number of hydrogen-bond acceptors (Lipinski definition) is 4. The lowest BCUT2D eigenvalue weighted by Crippen LogP contribution is -2.26. The van der Waals surface area contributed by atoms with Gasteiger partial charge in [0.05, 0.1) is 12.3 Å². The predicted molar refractivity (Wildman–Crippen MR) is 56.1 cm³/mol. The van der Waals surface area contributed by atoms with Crippen molar-refractivity contribution in [3.63, 3.8) is 0 Å². The Morgan fingerprint density at radius 3 is 2.64 bits per heavy atom. The summed E-state index contributed by atoms with van der Waals surface area (Å²) in [5.74, 6) is 0.833. The molecule has 4 heteroatoms. The van der Waals surface area contributed by atoms with E-state index in [-0.39, 0.29) is 5.54 Å². The third kappa shape index (κ3) is 3.70. The highest BCUT2D eigenvalue weighted by atomic mass is 16.5. The summed E-state index contributed by atoms with van der Waals surface area (Å²) in [6.07, 6.45) is 1.54. The van der Waals surface area contributed by atoms with Crippen LogP contribution in [-0.2, 0) is 11.3 Å². The lowest BCUT2D eigenvalue weighted by Gasteiger charge is -2.21. The zero-order valence-corrected chi connectivity index (χ0v) is 9.16. The summed E-state index contributed by atoms with van der Waals surface area (Å²) in [6, 6.07) is 1.90. The number of rotatable bonds is 3. The molecule has 0 aromatic carbocycles. The van der Waals surface area contributed by atoms with Gasteiger partial charge in [-0.25, -0.2) is 9.97 Å². The molecule has 1 rings (SSSR count). The molecule has 4 nitrogen and oxygen atoms in total. The number of methoxy groups -OCH3 is 1. The molecule has 0 saturated carbocycles. The van der Waals surface area contributed by atoms with Crippen LogP contribution >= 0.6 is 0 Å². The number of aromatic nitrogens is 2. The maximum Gasteiger partial charge on any atom is 0.130 e. The lowest BCUT2D eigenvalue weighted by atomic mass is 10.1. The Hall–Kier alpha value is -1.16. The summed E-state index contributed by atoms with van der Waals surface area (Å²) in [4.78, 5) is 8.21. The highest BCUT2D eigenvalue weighted by Crippen LogP contribution is 2.11. The number of nitrogens with zero attached hydrogens (tertiary/aromatic N) is 2. The second kappa shape index (κ2) is 4.37. The van der Waals surface area contributed by atoms with Crippen molar-refractivity contribution in [3.05, 3.63) is 18.1 Å². The van der Waals surface area contributed by atoms with E-state index in [9.17, 15) is 0 Å². The van der Waals surface area contributed by atoms with Crippen molar-refractivity contribution in [2.45, 2.75) is 32.9 Å². The second-order valence-corrected chi connectivity index (χ2v) is 4.20. The quantitative estimate of drug-likeness (QED) is 0.799. The minimum Gasteiger partial charge on any atom is -0.378 e. The summed E-state index contributed by atoms with van der Waals surface area (Å²) in [7, 11) is 1.65. The van der Waals surface area contributed by atoms with Crippen molar-refractivity contribution in [2.75, 3.05) is 12.4 Å². The van der Waals surface area contributed by atoms with Crippen molar-refractivity contribution < 1.29 is 4.74 Å². The fraction of sp³-hybridized carbons (Fsp3) is 0.600. The van der Waals surface area contributed by atoms with E-state index < -0.39 is 0 Å². The number of anilines is 1. The molecule has 78 valence electrons. The SMILES string of the molecule is COCc1cc(NC(C)(C)C)ncn1. The van der Waals surface area contributed by atoms with Gasteiger partial charge in [0.25, 0.3) is 0 Å². The fourth-order valence-electron chi connectivity index (χ4n) is 1.08. The zero-order valence-electron chi connectivity index (χ0n) is 9.16. The van der Waals surface area contributed by atoms with Gasteiger partial charge in [-0.15, -0.1) is 0 Å². The Morgan fingerprint density at radius 2 is 2.07 bits per heavy atom. The third-order valence-corrected chi connectivity index (χ3v) is 1.52. The molecule has 0 atom stereocenters. The zero-order chi connectivity index (χ0) is 10.6. The summed E-state index contributed by atoms with van der Waals surface area (Å²) >= 11 is 0. The summed E-state index contributed by atoms with van der Waals surface area (Å²) in [5, 5.41) is 3.27. The van der Waals surface area contributed by atoms with Crippen LogP contribution in [0, 0.1) is 0 Å². The monoisotopic (exact) mass is 195 g/mol. The van der Waals surface area contributed by atoms with E-state index in [0.29, 0.717) is 6.61 Å². The average molecular weight is 195 g/mol. The standard InChI is InChI=1S/C10H17N3O/c1-10(2,3)13-9-5-8(6-14-4)11-7-12-9/h5,7H,6H2,1-4H3,(H,11,12,13). The molecular weight excluding hydrogens is 178 g/mol. The van der Waals surface area contributed by atoms with Crippen molar-refractivity contribution in [1.29, 1.82) is 0 Å². The van der Waals surface area contributed by atoms with Crippen molar-refractivity contribution in [3.8, 4) is 0 Å². The van der Waals surface area contributed by atoms with Crippen LogP contribution in [0.2, 0.25) is 0 Å². The Balaban J connectivity index is 2.73. The van der Waals surface area contributed by atoms with E-state index in [2.05, 4.69) is 36.1 Å². The smallest absolute Gasteiger partial charge is 0.130 e. The average Bonchev–Trinajstić information content (AvgIpc) is 2.02. The molecule has 0 spiro atoms. The Bertz CT molecular complexity index is 294. The molecule has 0 aliphatic carbocycles. The van der Waals surface area contributed by atoms with Gasteiger partial charge in [0.15, 0.2) is 0 Å². The van der Waals surface area contributed by atoms with Crippen LogP contribution in [0.25, 0.3) is 0 Å². The van der Waals surface area contributed by atoms with E-state index in [1.807, 2.05) is 6.07 Å². The van der Waals surface area contributed by atoms with Gasteiger partial charge < -0.3 is 10.1 Å². The predicted octanol–water partition coefficient (Wildman–Crippen LogP) is 1.83. The molecule has 1 aromatic heterocycles. The first-order valence-electron chi connectivity index (χ1n) is 4.59. The summed E-state index contributed by atoms with van der Waals surface area (Å²) in [5.41, 5.74) is 0.896. The fourth-order valence-corrected chi connectivity index (χ4v) is 1.08. The maximum absolute atomic E-state index is 4.99. The number of ether oxygens (including phenoxy) is 1. The lowest BCUT2D eigenvalue weighted by molar-refractivity contribution is 0.181. The van der Waals surface area contributed by atoms with Crippen LogP contribution in [0.15, 0.2) is 12.4 Å². The molecule has 0 amide bonds. The molecule has 1 aromatic rings. The van der Waals surface area contributed by atoms with Crippen molar-refractivity contribution in [1.82, 2.24) is 9.97 Å². The van der Waals surface area contributed by atoms with E-state index in [4.69, 9.17) is 4.74 Å². The molecule has 0 unspecified atom stereocenters. The minimum atomic E-state index is 0.0126. The van der Waals surface area contributed by atoms with E-state index in [0.717, 1.165) is 11.5 Å². The van der Waals surface area contributed by atoms with Gasteiger partial charge in [-0.2, -0.15) is 0 Å². The van der Waals surface area contributed by atoms with Gasteiger partial charge in [0, 0.05) is 18.7 Å². The first kappa shape index (κ1) is 10.9. The summed E-state index contributed by atoms with van der Waals surface area (Å²) < 4.78 is 4.99. The molecule has 1 heterocycles. The first-order chi connectivity index (χ1) is 6.51. The van der Waals surface area contributed by atoms with Crippen LogP contribution in [-0.4, -0.2) is 22.6 Å². The maximum atomic E-state index is 4.99. The highest BCUT2D eigenvalue weighted by Gasteiger charge is 2.10. The molecule has 0 bridgehead atoms. The van der Waals surface area contributed by atoms with Crippen LogP contribution in [0.1, 0.15) is 26.5 Å². The van der Waals surface area contributed by atoms with Crippen LogP contribution in [0.5, 0.6) is 0 Å². The van der Waals surface area contributed by atoms with Gasteiger partial charge >= 0.3 is 0 Å². The minimum absolute atomic E-state index is 0.0126. The van der Waals surface area contributed by atoms with Gasteiger partial charge in [-0.3, -0.25) is 0 Å². The molecule has 0 fully saturated rings. The Morgan fingerprint density at radius 1 is 1.36 bits per heavy atom. The summed E-state index contributed by atoms with van der Waals surface area (Å²) in [6.45, 7) is 6.78. The van der Waals surface area contributed by atoms with Crippen LogP contribution in [0.4, 0.5) is 5.82 Å². The third-order valence-electron chi connectivity index (χ3n) is 1.52. The molecule has 0 saturated heterocycles. The molecule has 0 radical (unpaired) electrons. The van der Waals surface area contributed by atoms with E-state index in [1.54, 1.807) is 13.4 Å². The van der Waals surface area contributed by atoms with Gasteiger partial charge in [0.1, 0.15) is 12.1 Å². The van der Waals surface area contributed by atoms with Gasteiger partial charge in [0.2, 0.25) is 0 Å². The van der Waals surface area contributed by atoms with Gasteiger partial charge in [-0.05, 0) is 20.8 Å². The largest absolute Gasteiger partial charge is 0.378 e. The van der Waals surface area contributed by atoms with Crippen LogP contribution in [0.3, 0.4) is 0 Å². The molecule has 1 N–H and O–H groups in total. The highest BCUT2D eigenvalue weighted by molar-refractivity contribution is 5.37. The number of hydrogen-bond donors (Lipinski definition) is 1.